The van der Waals surface area contributed by atoms with Crippen molar-refractivity contribution >= 4 is 0 Å². The minimum absolute atomic E-state index is 0.172. The zero-order valence-electron chi connectivity index (χ0n) is 11.6. The Labute approximate surface area is 111 Å². The van der Waals surface area contributed by atoms with Gasteiger partial charge in [0.05, 0.1) is 6.10 Å². The smallest absolute Gasteiger partial charge is 0.0576 e. The summed E-state index contributed by atoms with van der Waals surface area (Å²) >= 11 is 0. The lowest BCUT2D eigenvalue weighted by Gasteiger charge is -2.15. The van der Waals surface area contributed by atoms with Crippen LogP contribution < -0.4 is 5.73 Å². The molecule has 1 heterocycles. The van der Waals surface area contributed by atoms with Crippen LogP contribution in [0.1, 0.15) is 54.8 Å². The van der Waals surface area contributed by atoms with Crippen molar-refractivity contribution in [3.05, 3.63) is 34.9 Å². The van der Waals surface area contributed by atoms with Crippen molar-refractivity contribution in [2.45, 2.75) is 58.1 Å². The Morgan fingerprint density at radius 2 is 2.17 bits per heavy atom. The van der Waals surface area contributed by atoms with Gasteiger partial charge in [0.2, 0.25) is 0 Å². The molecule has 2 N–H and O–H groups in total. The van der Waals surface area contributed by atoms with Crippen LogP contribution in [0.4, 0.5) is 0 Å². The first-order valence-electron chi connectivity index (χ1n) is 7.11. The van der Waals surface area contributed by atoms with Crippen LogP contribution in [-0.4, -0.2) is 12.7 Å². The molecule has 2 atom stereocenters. The number of benzene rings is 1. The molecule has 0 saturated carbocycles. The second-order valence-electron chi connectivity index (χ2n) is 5.52. The zero-order chi connectivity index (χ0) is 13.0. The molecule has 0 radical (unpaired) electrons. The van der Waals surface area contributed by atoms with Crippen molar-refractivity contribution in [1.82, 2.24) is 0 Å². The van der Waals surface area contributed by atoms with Gasteiger partial charge in [0, 0.05) is 12.6 Å². The van der Waals surface area contributed by atoms with E-state index >= 15 is 0 Å². The largest absolute Gasteiger partial charge is 0.378 e. The molecule has 2 nitrogen and oxygen atoms in total. The Kier molecular flexibility index (Phi) is 4.79. The van der Waals surface area contributed by atoms with Crippen LogP contribution in [-0.2, 0) is 4.74 Å². The molecule has 1 aromatic rings. The molecule has 1 aliphatic heterocycles. The van der Waals surface area contributed by atoms with Crippen molar-refractivity contribution in [2.75, 3.05) is 6.61 Å². The molecule has 1 saturated heterocycles. The Hall–Kier alpha value is -0.860. The number of nitrogens with two attached hydrogens (primary N) is 1. The molecule has 0 aromatic heterocycles. The second-order valence-corrected chi connectivity index (χ2v) is 5.52. The molecule has 2 rings (SSSR count). The molecule has 0 spiro atoms. The van der Waals surface area contributed by atoms with E-state index in [9.17, 15) is 0 Å². The van der Waals surface area contributed by atoms with E-state index in [1.807, 2.05) is 0 Å². The highest BCUT2D eigenvalue weighted by Crippen LogP contribution is 2.23. The number of aryl methyl sites for hydroxylation is 2. The predicted octanol–water partition coefficient (Wildman–Crippen LogP) is 3.65. The van der Waals surface area contributed by atoms with E-state index in [-0.39, 0.29) is 6.04 Å². The van der Waals surface area contributed by atoms with Gasteiger partial charge in [-0.1, -0.05) is 18.2 Å². The van der Waals surface area contributed by atoms with Gasteiger partial charge in [-0.25, -0.2) is 0 Å². The van der Waals surface area contributed by atoms with Gasteiger partial charge in [0.25, 0.3) is 0 Å². The average Bonchev–Trinajstić information content (AvgIpc) is 2.85. The fraction of sp³-hybridized carbons (Fsp3) is 0.625. The lowest BCUT2D eigenvalue weighted by molar-refractivity contribution is 0.101. The van der Waals surface area contributed by atoms with Crippen molar-refractivity contribution in [3.8, 4) is 0 Å². The van der Waals surface area contributed by atoms with Crippen LogP contribution in [0.3, 0.4) is 0 Å². The van der Waals surface area contributed by atoms with Crippen molar-refractivity contribution in [1.29, 1.82) is 0 Å². The maximum Gasteiger partial charge on any atom is 0.0576 e. The summed E-state index contributed by atoms with van der Waals surface area (Å²) in [6.45, 7) is 5.24. The van der Waals surface area contributed by atoms with E-state index in [1.165, 1.54) is 42.4 Å². The normalized spacial score (nSPS) is 21.2. The highest BCUT2D eigenvalue weighted by molar-refractivity contribution is 5.31. The summed E-state index contributed by atoms with van der Waals surface area (Å²) in [5.74, 6) is 0. The maximum absolute atomic E-state index is 6.26. The average molecular weight is 247 g/mol. The van der Waals surface area contributed by atoms with Gasteiger partial charge in [-0.05, 0) is 62.6 Å². The van der Waals surface area contributed by atoms with Crippen LogP contribution in [0, 0.1) is 13.8 Å². The topological polar surface area (TPSA) is 35.2 Å². The summed E-state index contributed by atoms with van der Waals surface area (Å²) in [7, 11) is 0. The van der Waals surface area contributed by atoms with Crippen molar-refractivity contribution in [3.63, 3.8) is 0 Å². The first kappa shape index (κ1) is 13.6. The minimum atomic E-state index is 0.172. The van der Waals surface area contributed by atoms with Gasteiger partial charge in [0.1, 0.15) is 0 Å². The van der Waals surface area contributed by atoms with Crippen LogP contribution in [0.25, 0.3) is 0 Å². The summed E-state index contributed by atoms with van der Waals surface area (Å²) in [4.78, 5) is 0. The first-order valence-corrected chi connectivity index (χ1v) is 7.11. The molecule has 1 fully saturated rings. The van der Waals surface area contributed by atoms with Gasteiger partial charge in [0.15, 0.2) is 0 Å². The lowest BCUT2D eigenvalue weighted by Crippen LogP contribution is -2.12. The molecule has 2 unspecified atom stereocenters. The van der Waals surface area contributed by atoms with Crippen molar-refractivity contribution in [2.24, 2.45) is 5.73 Å². The van der Waals surface area contributed by atoms with Crippen molar-refractivity contribution < 1.29 is 4.74 Å². The first-order chi connectivity index (χ1) is 8.66. The van der Waals surface area contributed by atoms with Gasteiger partial charge in [-0.2, -0.15) is 0 Å². The summed E-state index contributed by atoms with van der Waals surface area (Å²) in [5, 5.41) is 0. The highest BCUT2D eigenvalue weighted by atomic mass is 16.5. The number of hydrogen-bond acceptors (Lipinski definition) is 2. The van der Waals surface area contributed by atoms with Crippen LogP contribution in [0.15, 0.2) is 18.2 Å². The van der Waals surface area contributed by atoms with Gasteiger partial charge in [-0.3, -0.25) is 0 Å². The summed E-state index contributed by atoms with van der Waals surface area (Å²) in [6.07, 6.45) is 6.35. The fourth-order valence-corrected chi connectivity index (χ4v) is 2.60. The Bertz CT molecular complexity index is 383. The van der Waals surface area contributed by atoms with E-state index in [1.54, 1.807) is 0 Å². The monoisotopic (exact) mass is 247 g/mol. The molecular formula is C16H25NO. The number of ether oxygens (including phenoxy) is 1. The van der Waals surface area contributed by atoms with Gasteiger partial charge >= 0.3 is 0 Å². The van der Waals surface area contributed by atoms with Crippen LogP contribution in [0.2, 0.25) is 0 Å². The molecule has 18 heavy (non-hydrogen) atoms. The van der Waals surface area contributed by atoms with E-state index in [0.29, 0.717) is 6.10 Å². The molecule has 2 heteroatoms. The minimum Gasteiger partial charge on any atom is -0.378 e. The third-order valence-electron chi connectivity index (χ3n) is 4.02. The molecule has 1 aliphatic rings. The van der Waals surface area contributed by atoms with Gasteiger partial charge < -0.3 is 10.5 Å². The molecule has 100 valence electrons. The van der Waals surface area contributed by atoms with E-state index < -0.39 is 0 Å². The zero-order valence-corrected chi connectivity index (χ0v) is 11.6. The number of hydrogen-bond donors (Lipinski definition) is 1. The lowest BCUT2D eigenvalue weighted by atomic mass is 9.97. The maximum atomic E-state index is 6.26. The third-order valence-corrected chi connectivity index (χ3v) is 4.02. The van der Waals surface area contributed by atoms with E-state index in [2.05, 4.69) is 32.0 Å². The number of rotatable bonds is 5. The summed E-state index contributed by atoms with van der Waals surface area (Å²) in [6, 6.07) is 6.74. The SMILES string of the molecule is Cc1ccc(C(N)CCCC2CCCO2)cc1C. The Morgan fingerprint density at radius 3 is 2.83 bits per heavy atom. The molecule has 0 amide bonds. The van der Waals surface area contributed by atoms with E-state index in [0.717, 1.165) is 13.0 Å². The standard InChI is InChI=1S/C16H25NO/c1-12-8-9-14(11-13(12)2)16(17)7-3-5-15-6-4-10-18-15/h8-9,11,15-16H,3-7,10,17H2,1-2H3. The third kappa shape index (κ3) is 3.56. The van der Waals surface area contributed by atoms with E-state index in [4.69, 9.17) is 10.5 Å². The quantitative estimate of drug-likeness (QED) is 0.862. The highest BCUT2D eigenvalue weighted by Gasteiger charge is 2.15. The molecule has 0 bridgehead atoms. The summed E-state index contributed by atoms with van der Waals surface area (Å²) in [5.41, 5.74) is 10.2. The van der Waals surface area contributed by atoms with Gasteiger partial charge in [-0.15, -0.1) is 0 Å². The second kappa shape index (κ2) is 6.35. The predicted molar refractivity (Wildman–Crippen MR) is 75.7 cm³/mol. The van der Waals surface area contributed by atoms with Crippen LogP contribution >= 0.6 is 0 Å². The Balaban J connectivity index is 1.79. The fourth-order valence-electron chi connectivity index (χ4n) is 2.60. The van der Waals surface area contributed by atoms with Crippen LogP contribution in [0.5, 0.6) is 0 Å². The Morgan fingerprint density at radius 1 is 1.33 bits per heavy atom. The summed E-state index contributed by atoms with van der Waals surface area (Å²) < 4.78 is 5.63. The molecule has 0 aliphatic carbocycles. The molecular weight excluding hydrogens is 222 g/mol. The molecule has 1 aromatic carbocycles.